The Bertz CT molecular complexity index is 1200. The van der Waals surface area contributed by atoms with Crippen LogP contribution in [0.4, 0.5) is 5.82 Å². The molecular weight excluding hydrogens is 450 g/mol. The third-order valence-electron chi connectivity index (χ3n) is 7.75. The molecule has 2 saturated carbocycles. The fourth-order valence-electron chi connectivity index (χ4n) is 6.40. The Morgan fingerprint density at radius 3 is 2.53 bits per heavy atom. The van der Waals surface area contributed by atoms with Crippen LogP contribution in [0.15, 0.2) is 18.3 Å². The van der Waals surface area contributed by atoms with Gasteiger partial charge in [0.25, 0.3) is 0 Å². The van der Waals surface area contributed by atoms with Gasteiger partial charge in [-0.25, -0.2) is 4.98 Å². The van der Waals surface area contributed by atoms with Crippen LogP contribution in [0.5, 0.6) is 0 Å². The monoisotopic (exact) mass is 479 g/mol. The predicted octanol–water partition coefficient (Wildman–Crippen LogP) is 4.54. The average Bonchev–Trinajstić information content (AvgIpc) is 3.47. The van der Waals surface area contributed by atoms with E-state index < -0.39 is 0 Å². The van der Waals surface area contributed by atoms with Crippen LogP contribution in [0.3, 0.4) is 0 Å². The molecule has 1 aliphatic heterocycles. The first kappa shape index (κ1) is 22.9. The molecule has 178 valence electrons. The highest BCUT2D eigenvalue weighted by Gasteiger charge is 2.44. The van der Waals surface area contributed by atoms with Crippen LogP contribution in [0.25, 0.3) is 11.1 Å². The highest BCUT2D eigenvalue weighted by molar-refractivity contribution is 6.33. The number of amides is 2. The summed E-state index contributed by atoms with van der Waals surface area (Å²) in [4.78, 5) is 28.8. The fourth-order valence-corrected chi connectivity index (χ4v) is 6.61. The lowest BCUT2D eigenvalue weighted by molar-refractivity contribution is -0.121. The first-order valence-electron chi connectivity index (χ1n) is 12.0. The zero-order valence-corrected chi connectivity index (χ0v) is 20.6. The maximum atomic E-state index is 13.1. The minimum atomic E-state index is -0.0427. The Hall–Kier alpha value is -2.85. The second kappa shape index (κ2) is 8.42. The average molecular weight is 480 g/mol. The van der Waals surface area contributed by atoms with Gasteiger partial charge in [-0.05, 0) is 61.5 Å². The van der Waals surface area contributed by atoms with E-state index in [1.54, 1.807) is 13.1 Å². The Morgan fingerprint density at radius 2 is 1.88 bits per heavy atom. The predicted molar refractivity (Wildman–Crippen MR) is 130 cm³/mol. The van der Waals surface area contributed by atoms with E-state index in [1.165, 1.54) is 0 Å². The molecule has 0 radical (unpaired) electrons. The molecule has 3 heterocycles. The van der Waals surface area contributed by atoms with E-state index in [1.807, 2.05) is 12.1 Å². The lowest BCUT2D eigenvalue weighted by atomic mass is 9.89. The zero-order valence-electron chi connectivity index (χ0n) is 19.8. The van der Waals surface area contributed by atoms with Crippen molar-refractivity contribution in [3.05, 3.63) is 34.7 Å². The molecule has 2 unspecified atom stereocenters. The molecule has 2 amide bonds. The number of hydrogen-bond acceptors (Lipinski definition) is 4. The summed E-state index contributed by atoms with van der Waals surface area (Å²) in [5.74, 6) is 1.42. The van der Waals surface area contributed by atoms with Crippen molar-refractivity contribution in [1.29, 1.82) is 5.26 Å². The number of rotatable bonds is 4. The van der Waals surface area contributed by atoms with E-state index in [-0.39, 0.29) is 29.2 Å². The van der Waals surface area contributed by atoms with E-state index in [4.69, 9.17) is 11.6 Å². The van der Waals surface area contributed by atoms with Crippen LogP contribution in [0.1, 0.15) is 57.8 Å². The summed E-state index contributed by atoms with van der Waals surface area (Å²) in [5, 5.41) is 16.2. The first-order chi connectivity index (χ1) is 16.1. The number of halogens is 1. The molecule has 2 aromatic heterocycles. The van der Waals surface area contributed by atoms with Gasteiger partial charge in [-0.2, -0.15) is 5.26 Å². The summed E-state index contributed by atoms with van der Waals surface area (Å²) < 4.78 is 2.08. The molecule has 34 heavy (non-hydrogen) atoms. The molecule has 2 aromatic rings. The van der Waals surface area contributed by atoms with Crippen molar-refractivity contribution in [2.24, 2.45) is 23.2 Å². The summed E-state index contributed by atoms with van der Waals surface area (Å²) >= 11 is 6.54. The molecule has 0 aromatic carbocycles. The smallest absolute Gasteiger partial charge is 0.228 e. The van der Waals surface area contributed by atoms with E-state index in [0.717, 1.165) is 55.5 Å². The van der Waals surface area contributed by atoms with Crippen LogP contribution in [-0.2, 0) is 22.6 Å². The maximum Gasteiger partial charge on any atom is 0.228 e. The number of fused-ring (bicyclic) bond motifs is 2. The summed E-state index contributed by atoms with van der Waals surface area (Å²) in [6.07, 6.45) is 6.03. The van der Waals surface area contributed by atoms with Crippen molar-refractivity contribution < 1.29 is 9.59 Å². The van der Waals surface area contributed by atoms with Gasteiger partial charge in [0.05, 0.1) is 5.02 Å². The number of carbonyl (C=O) groups excluding carboxylic acids is 2. The minimum Gasteiger partial charge on any atom is -0.354 e. The molecule has 2 atom stereocenters. The fraction of sp³-hybridized carbons (Fsp3) is 0.538. The Morgan fingerprint density at radius 1 is 1.18 bits per heavy atom. The van der Waals surface area contributed by atoms with Crippen molar-refractivity contribution >= 4 is 29.2 Å². The van der Waals surface area contributed by atoms with Gasteiger partial charge in [-0.1, -0.05) is 25.4 Å². The van der Waals surface area contributed by atoms with Crippen molar-refractivity contribution in [3.63, 3.8) is 0 Å². The molecule has 5 rings (SSSR count). The van der Waals surface area contributed by atoms with Gasteiger partial charge in [0.1, 0.15) is 17.6 Å². The largest absolute Gasteiger partial charge is 0.354 e. The molecule has 0 saturated heterocycles. The Labute approximate surface area is 204 Å². The van der Waals surface area contributed by atoms with Crippen molar-refractivity contribution in [1.82, 2.24) is 14.9 Å². The SMILES string of the molecule is CC(=O)NC1CC2CC(C(=O)Nc3cc(-c4cc(C#N)n5c4CC(C)(C)C5)c(Cl)cn3)CC2C1. The van der Waals surface area contributed by atoms with Crippen LogP contribution in [0.2, 0.25) is 5.02 Å². The summed E-state index contributed by atoms with van der Waals surface area (Å²) in [5.41, 5.74) is 3.53. The van der Waals surface area contributed by atoms with Gasteiger partial charge in [-0.15, -0.1) is 0 Å². The minimum absolute atomic E-state index is 0.00722. The van der Waals surface area contributed by atoms with Crippen LogP contribution in [0, 0.1) is 34.5 Å². The van der Waals surface area contributed by atoms with Crippen molar-refractivity contribution in [2.45, 2.75) is 65.5 Å². The quantitative estimate of drug-likeness (QED) is 0.672. The lowest BCUT2D eigenvalue weighted by Gasteiger charge is -2.16. The molecule has 2 aliphatic carbocycles. The number of pyridine rings is 1. The molecule has 0 bridgehead atoms. The summed E-state index contributed by atoms with van der Waals surface area (Å²) in [7, 11) is 0. The number of anilines is 1. The number of nitrogens with one attached hydrogen (secondary N) is 2. The van der Waals surface area contributed by atoms with Crippen LogP contribution < -0.4 is 10.6 Å². The number of carbonyl (C=O) groups is 2. The number of hydrogen-bond donors (Lipinski definition) is 2. The third-order valence-corrected chi connectivity index (χ3v) is 8.05. The number of nitriles is 1. The molecule has 0 spiro atoms. The van der Waals surface area contributed by atoms with Gasteiger partial charge >= 0.3 is 0 Å². The molecular formula is C26H30ClN5O2. The lowest BCUT2D eigenvalue weighted by Crippen LogP contribution is -2.31. The van der Waals surface area contributed by atoms with Gasteiger partial charge in [0.2, 0.25) is 11.8 Å². The van der Waals surface area contributed by atoms with Gasteiger partial charge < -0.3 is 15.2 Å². The summed E-state index contributed by atoms with van der Waals surface area (Å²) in [6, 6.07) is 6.26. The van der Waals surface area contributed by atoms with Crippen molar-refractivity contribution in [2.75, 3.05) is 5.32 Å². The van der Waals surface area contributed by atoms with Gasteiger partial charge in [0, 0.05) is 48.4 Å². The van der Waals surface area contributed by atoms with E-state index in [2.05, 4.69) is 40.1 Å². The first-order valence-corrected chi connectivity index (χ1v) is 12.4. The molecule has 3 aliphatic rings. The summed E-state index contributed by atoms with van der Waals surface area (Å²) in [6.45, 7) is 6.74. The molecule has 2 N–H and O–H groups in total. The van der Waals surface area contributed by atoms with Gasteiger partial charge in [-0.3, -0.25) is 9.59 Å². The van der Waals surface area contributed by atoms with E-state index in [9.17, 15) is 14.9 Å². The maximum absolute atomic E-state index is 13.1. The van der Waals surface area contributed by atoms with Crippen LogP contribution in [-0.4, -0.2) is 27.4 Å². The highest BCUT2D eigenvalue weighted by Crippen LogP contribution is 2.47. The third kappa shape index (κ3) is 4.20. The second-order valence-corrected chi connectivity index (χ2v) is 11.4. The van der Waals surface area contributed by atoms with E-state index in [0.29, 0.717) is 28.4 Å². The normalized spacial score (nSPS) is 26.6. The molecule has 2 fully saturated rings. The second-order valence-electron chi connectivity index (χ2n) is 11.0. The van der Waals surface area contributed by atoms with E-state index >= 15 is 0 Å². The molecule has 8 heteroatoms. The highest BCUT2D eigenvalue weighted by atomic mass is 35.5. The molecule has 7 nitrogen and oxygen atoms in total. The van der Waals surface area contributed by atoms with Crippen molar-refractivity contribution in [3.8, 4) is 17.2 Å². The number of nitrogens with zero attached hydrogens (tertiary/aromatic N) is 3. The zero-order chi connectivity index (χ0) is 24.2. The van der Waals surface area contributed by atoms with Gasteiger partial charge in [0.15, 0.2) is 0 Å². The number of aromatic nitrogens is 2. The standard InChI is InChI=1S/C26H30ClN5O2/c1-14(33)30-18-6-15-4-17(5-16(15)7-18)25(34)31-24-9-20(22(27)12-29-24)21-8-19(11-28)32-13-26(2,3)10-23(21)32/h8-9,12,15-18H,4-7,10,13H2,1-3H3,(H,30,33)(H,29,31,34). The van der Waals surface area contributed by atoms with Crippen LogP contribution >= 0.6 is 11.6 Å². The Balaban J connectivity index is 1.31. The Kier molecular flexibility index (Phi) is 5.68. The topological polar surface area (TPSA) is 99.8 Å².